The summed E-state index contributed by atoms with van der Waals surface area (Å²) in [6.07, 6.45) is 1.25. The molecule has 2 rings (SSSR count). The van der Waals surface area contributed by atoms with Crippen LogP contribution in [0, 0.1) is 17.0 Å². The number of nitro benzene ring substituents is 1. The van der Waals surface area contributed by atoms with Gasteiger partial charge in [-0.3, -0.25) is 14.9 Å². The summed E-state index contributed by atoms with van der Waals surface area (Å²) in [4.78, 5) is 25.3. The number of nitrogens with zero attached hydrogens (tertiary/aromatic N) is 3. The number of hydrogen-bond donors (Lipinski definition) is 1. The lowest BCUT2D eigenvalue weighted by atomic mass is 10.2. The third kappa shape index (κ3) is 6.41. The molecule has 0 aliphatic carbocycles. The number of carbonyl (C=O) groups is 1. The Morgan fingerprint density at radius 2 is 1.91 bits per heavy atom. The second-order valence-electron chi connectivity index (χ2n) is 6.77. The van der Waals surface area contributed by atoms with Gasteiger partial charge in [-0.1, -0.05) is 6.07 Å². The number of hydrogen-bond acceptors (Lipinski definition) is 8. The van der Waals surface area contributed by atoms with Crippen LogP contribution in [-0.4, -0.2) is 57.7 Å². The topological polar surface area (TPSA) is 140 Å². The number of amides is 1. The fourth-order valence-corrected chi connectivity index (χ4v) is 3.25. The number of aryl methyl sites for hydroxylation is 1. The van der Waals surface area contributed by atoms with Gasteiger partial charge in [-0.25, -0.2) is 4.83 Å². The Morgan fingerprint density at radius 3 is 2.53 bits per heavy atom. The first kappa shape index (κ1) is 24.6. The number of carbonyl (C=O) groups excluding carboxylic acids is 1. The van der Waals surface area contributed by atoms with Gasteiger partial charge in [0.15, 0.2) is 18.1 Å². The SMILES string of the molecule is CCOc1cc(C=NNS(=O)(=O)c2ccc(C)c([N+](=O)[O-])c2)ccc1OCC(=O)N(C)C. The summed E-state index contributed by atoms with van der Waals surface area (Å²) in [6, 6.07) is 8.34. The van der Waals surface area contributed by atoms with Crippen LogP contribution in [0.4, 0.5) is 5.69 Å². The highest BCUT2D eigenvalue weighted by Crippen LogP contribution is 2.28. The van der Waals surface area contributed by atoms with Crippen LogP contribution in [-0.2, 0) is 14.8 Å². The lowest BCUT2D eigenvalue weighted by molar-refractivity contribution is -0.385. The molecule has 0 bridgehead atoms. The molecule has 0 radical (unpaired) electrons. The molecule has 0 heterocycles. The van der Waals surface area contributed by atoms with Crippen molar-refractivity contribution in [2.45, 2.75) is 18.7 Å². The van der Waals surface area contributed by atoms with Gasteiger partial charge in [0.2, 0.25) is 0 Å². The van der Waals surface area contributed by atoms with Gasteiger partial charge >= 0.3 is 0 Å². The zero-order valence-corrected chi connectivity index (χ0v) is 18.9. The minimum atomic E-state index is -4.11. The largest absolute Gasteiger partial charge is 0.490 e. The lowest BCUT2D eigenvalue weighted by Crippen LogP contribution is -2.27. The average molecular weight is 465 g/mol. The molecule has 11 nitrogen and oxygen atoms in total. The van der Waals surface area contributed by atoms with Crippen LogP contribution in [0.1, 0.15) is 18.1 Å². The van der Waals surface area contributed by atoms with Crippen molar-refractivity contribution in [2.75, 3.05) is 27.3 Å². The van der Waals surface area contributed by atoms with Crippen LogP contribution >= 0.6 is 0 Å². The smallest absolute Gasteiger partial charge is 0.276 e. The molecule has 0 saturated carbocycles. The van der Waals surface area contributed by atoms with Gasteiger partial charge in [-0.15, -0.1) is 0 Å². The van der Waals surface area contributed by atoms with E-state index in [1.165, 1.54) is 30.2 Å². The molecule has 0 aromatic heterocycles. The molecule has 0 aliphatic heterocycles. The summed E-state index contributed by atoms with van der Waals surface area (Å²) in [6.45, 7) is 3.48. The molecular formula is C20H24N4O7S. The summed E-state index contributed by atoms with van der Waals surface area (Å²) in [5.41, 5.74) is 0.536. The molecule has 2 aromatic carbocycles. The molecule has 12 heteroatoms. The van der Waals surface area contributed by atoms with E-state index in [1.54, 1.807) is 39.2 Å². The Labute approximate surface area is 185 Å². The van der Waals surface area contributed by atoms with E-state index in [9.17, 15) is 23.3 Å². The van der Waals surface area contributed by atoms with Crippen molar-refractivity contribution in [1.82, 2.24) is 9.73 Å². The number of likely N-dealkylation sites (N-methyl/N-ethyl adjacent to an activating group) is 1. The van der Waals surface area contributed by atoms with Gasteiger partial charge < -0.3 is 14.4 Å². The van der Waals surface area contributed by atoms with Crippen LogP contribution in [0.5, 0.6) is 11.5 Å². The molecule has 1 N–H and O–H groups in total. The molecule has 0 atom stereocenters. The first-order valence-corrected chi connectivity index (χ1v) is 10.9. The molecule has 1 amide bonds. The van der Waals surface area contributed by atoms with E-state index in [0.717, 1.165) is 6.07 Å². The normalized spacial score (nSPS) is 11.2. The molecule has 0 aliphatic rings. The van der Waals surface area contributed by atoms with Crippen LogP contribution in [0.2, 0.25) is 0 Å². The predicted molar refractivity (Wildman–Crippen MR) is 118 cm³/mol. The van der Waals surface area contributed by atoms with Gasteiger partial charge in [-0.05, 0) is 43.7 Å². The zero-order valence-electron chi connectivity index (χ0n) is 18.1. The maximum atomic E-state index is 12.4. The van der Waals surface area contributed by atoms with Crippen molar-refractivity contribution in [1.29, 1.82) is 0 Å². The first-order valence-electron chi connectivity index (χ1n) is 9.45. The monoisotopic (exact) mass is 464 g/mol. The van der Waals surface area contributed by atoms with Crippen LogP contribution in [0.15, 0.2) is 46.4 Å². The molecule has 0 saturated heterocycles. The second-order valence-corrected chi connectivity index (χ2v) is 8.44. The molecule has 2 aromatic rings. The molecule has 172 valence electrons. The van der Waals surface area contributed by atoms with Crippen molar-refractivity contribution < 1.29 is 27.6 Å². The molecule has 0 unspecified atom stereocenters. The van der Waals surface area contributed by atoms with Crippen molar-refractivity contribution in [3.8, 4) is 11.5 Å². The Bertz CT molecular complexity index is 1130. The first-order chi connectivity index (χ1) is 15.0. The molecule has 0 fully saturated rings. The van der Waals surface area contributed by atoms with E-state index in [-0.39, 0.29) is 23.1 Å². The summed E-state index contributed by atoms with van der Waals surface area (Å²) in [5.74, 6) is 0.496. The van der Waals surface area contributed by atoms with Crippen molar-refractivity contribution in [2.24, 2.45) is 5.10 Å². The van der Waals surface area contributed by atoms with Gasteiger partial charge in [-0.2, -0.15) is 13.5 Å². The molecule has 0 spiro atoms. The van der Waals surface area contributed by atoms with Gasteiger partial charge in [0.1, 0.15) is 0 Å². The third-order valence-electron chi connectivity index (χ3n) is 4.19. The number of nitro groups is 1. The summed E-state index contributed by atoms with van der Waals surface area (Å²) in [7, 11) is -0.877. The molecular weight excluding hydrogens is 440 g/mol. The number of ether oxygens (including phenoxy) is 2. The van der Waals surface area contributed by atoms with Gasteiger partial charge in [0.25, 0.3) is 21.6 Å². The minimum Gasteiger partial charge on any atom is -0.490 e. The van der Waals surface area contributed by atoms with E-state index in [2.05, 4.69) is 5.10 Å². The maximum absolute atomic E-state index is 12.4. The second kappa shape index (κ2) is 10.6. The Kier molecular flexibility index (Phi) is 8.13. The number of benzene rings is 2. The van der Waals surface area contributed by atoms with E-state index in [0.29, 0.717) is 29.2 Å². The summed E-state index contributed by atoms with van der Waals surface area (Å²) >= 11 is 0. The fourth-order valence-electron chi connectivity index (χ4n) is 2.44. The van der Waals surface area contributed by atoms with Crippen LogP contribution in [0.25, 0.3) is 0 Å². The van der Waals surface area contributed by atoms with E-state index < -0.39 is 14.9 Å². The quantitative estimate of drug-likeness (QED) is 0.322. The number of sulfonamides is 1. The number of rotatable bonds is 10. The van der Waals surface area contributed by atoms with Crippen LogP contribution < -0.4 is 14.3 Å². The Balaban J connectivity index is 2.17. The lowest BCUT2D eigenvalue weighted by Gasteiger charge is -2.14. The standard InChI is InChI=1S/C20H24N4O7S/c1-5-30-19-10-15(7-9-18(19)31-13-20(25)23(3)4)12-21-22-32(28,29)16-8-6-14(2)17(11-16)24(26)27/h6-12,22H,5,13H2,1-4H3. The summed E-state index contributed by atoms with van der Waals surface area (Å²) < 4.78 is 35.8. The van der Waals surface area contributed by atoms with E-state index in [4.69, 9.17) is 9.47 Å². The zero-order chi connectivity index (χ0) is 23.9. The number of nitrogens with one attached hydrogen (secondary N) is 1. The van der Waals surface area contributed by atoms with E-state index >= 15 is 0 Å². The van der Waals surface area contributed by atoms with E-state index in [1.807, 2.05) is 4.83 Å². The Hall–Kier alpha value is -3.67. The maximum Gasteiger partial charge on any atom is 0.276 e. The van der Waals surface area contributed by atoms with Crippen molar-refractivity contribution in [3.05, 3.63) is 57.6 Å². The van der Waals surface area contributed by atoms with Crippen LogP contribution in [0.3, 0.4) is 0 Å². The highest BCUT2D eigenvalue weighted by molar-refractivity contribution is 7.89. The van der Waals surface area contributed by atoms with Crippen molar-refractivity contribution >= 4 is 27.8 Å². The highest BCUT2D eigenvalue weighted by Gasteiger charge is 2.19. The minimum absolute atomic E-state index is 0.164. The van der Waals surface area contributed by atoms with Gasteiger partial charge in [0.05, 0.1) is 22.6 Å². The fraction of sp³-hybridized carbons (Fsp3) is 0.300. The average Bonchev–Trinajstić information content (AvgIpc) is 2.72. The van der Waals surface area contributed by atoms with Gasteiger partial charge in [0, 0.05) is 25.7 Å². The Morgan fingerprint density at radius 1 is 1.19 bits per heavy atom. The summed E-state index contributed by atoms with van der Waals surface area (Å²) in [5, 5.41) is 14.8. The number of hydrazone groups is 1. The third-order valence-corrected chi connectivity index (χ3v) is 5.41. The van der Waals surface area contributed by atoms with Crippen molar-refractivity contribution in [3.63, 3.8) is 0 Å². The highest BCUT2D eigenvalue weighted by atomic mass is 32.2. The molecule has 32 heavy (non-hydrogen) atoms. The predicted octanol–water partition coefficient (Wildman–Crippen LogP) is 2.08.